The van der Waals surface area contributed by atoms with Crippen molar-refractivity contribution in [3.05, 3.63) is 35.1 Å². The average molecular weight is 323 g/mol. The van der Waals surface area contributed by atoms with E-state index in [1.165, 1.54) is 0 Å². The van der Waals surface area contributed by atoms with Crippen molar-refractivity contribution >= 4 is 18.3 Å². The molecule has 7 heteroatoms. The molecule has 1 atom stereocenters. The standard InChI is InChI=1S/C14H17F3N2O.ClH/c15-10-6-11(16)13(12(17)7-10)14(20)19-5-3-9-2-1-4-18-8-9;/h6-7,9,18H,1-5,8H2,(H,19,20);1H. The second-order valence-electron chi connectivity index (χ2n) is 5.00. The van der Waals surface area contributed by atoms with E-state index < -0.39 is 28.9 Å². The molecule has 1 heterocycles. The normalized spacial score (nSPS) is 18.0. The topological polar surface area (TPSA) is 41.1 Å². The maximum Gasteiger partial charge on any atom is 0.257 e. The Labute approximate surface area is 127 Å². The van der Waals surface area contributed by atoms with Crippen LogP contribution < -0.4 is 10.6 Å². The highest BCUT2D eigenvalue weighted by Gasteiger charge is 2.19. The van der Waals surface area contributed by atoms with Crippen LogP contribution in [0.15, 0.2) is 12.1 Å². The molecule has 1 saturated heterocycles. The van der Waals surface area contributed by atoms with Gasteiger partial charge in [0.1, 0.15) is 23.0 Å². The van der Waals surface area contributed by atoms with Gasteiger partial charge in [0.15, 0.2) is 0 Å². The van der Waals surface area contributed by atoms with Crippen molar-refractivity contribution in [2.24, 2.45) is 5.92 Å². The van der Waals surface area contributed by atoms with Crippen molar-refractivity contribution < 1.29 is 18.0 Å². The van der Waals surface area contributed by atoms with Crippen molar-refractivity contribution in [2.75, 3.05) is 19.6 Å². The Hall–Kier alpha value is -1.27. The third kappa shape index (κ3) is 4.89. The maximum atomic E-state index is 13.4. The van der Waals surface area contributed by atoms with Crippen LogP contribution in [-0.4, -0.2) is 25.5 Å². The van der Waals surface area contributed by atoms with E-state index in [0.717, 1.165) is 32.4 Å². The molecule has 1 unspecified atom stereocenters. The van der Waals surface area contributed by atoms with Crippen LogP contribution in [0.1, 0.15) is 29.6 Å². The lowest BCUT2D eigenvalue weighted by atomic mass is 9.96. The zero-order valence-electron chi connectivity index (χ0n) is 11.4. The molecule has 0 aliphatic carbocycles. The predicted octanol–water partition coefficient (Wildman–Crippen LogP) is 2.65. The summed E-state index contributed by atoms with van der Waals surface area (Å²) in [7, 11) is 0. The lowest BCUT2D eigenvalue weighted by Crippen LogP contribution is -2.33. The molecule has 2 N–H and O–H groups in total. The van der Waals surface area contributed by atoms with Gasteiger partial charge in [-0.25, -0.2) is 13.2 Å². The van der Waals surface area contributed by atoms with Gasteiger partial charge in [0.2, 0.25) is 0 Å². The first-order valence-corrected chi connectivity index (χ1v) is 6.71. The van der Waals surface area contributed by atoms with Gasteiger partial charge in [-0.2, -0.15) is 0 Å². The van der Waals surface area contributed by atoms with E-state index in [2.05, 4.69) is 10.6 Å². The summed E-state index contributed by atoms with van der Waals surface area (Å²) < 4.78 is 39.5. The van der Waals surface area contributed by atoms with Gasteiger partial charge < -0.3 is 10.6 Å². The quantitative estimate of drug-likeness (QED) is 0.895. The van der Waals surface area contributed by atoms with Gasteiger partial charge in [-0.15, -0.1) is 12.4 Å². The predicted molar refractivity (Wildman–Crippen MR) is 76.1 cm³/mol. The second kappa shape index (κ2) is 8.24. The minimum absolute atomic E-state index is 0. The van der Waals surface area contributed by atoms with Gasteiger partial charge in [-0.3, -0.25) is 4.79 Å². The Morgan fingerprint density at radius 3 is 2.52 bits per heavy atom. The number of carbonyl (C=O) groups excluding carboxylic acids is 1. The van der Waals surface area contributed by atoms with Gasteiger partial charge in [0.25, 0.3) is 5.91 Å². The molecule has 0 saturated carbocycles. The van der Waals surface area contributed by atoms with Gasteiger partial charge in [-0.05, 0) is 38.3 Å². The smallest absolute Gasteiger partial charge is 0.257 e. The Morgan fingerprint density at radius 1 is 1.29 bits per heavy atom. The number of carbonyl (C=O) groups is 1. The van der Waals surface area contributed by atoms with E-state index in [0.29, 0.717) is 24.6 Å². The minimum atomic E-state index is -1.18. The van der Waals surface area contributed by atoms with Crippen LogP contribution in [0.2, 0.25) is 0 Å². The molecule has 1 aliphatic rings. The second-order valence-corrected chi connectivity index (χ2v) is 5.00. The van der Waals surface area contributed by atoms with E-state index in [4.69, 9.17) is 0 Å². The minimum Gasteiger partial charge on any atom is -0.352 e. The fourth-order valence-electron chi connectivity index (χ4n) is 2.41. The first kappa shape index (κ1) is 17.8. The largest absolute Gasteiger partial charge is 0.352 e. The Balaban J connectivity index is 0.00000220. The van der Waals surface area contributed by atoms with Crippen molar-refractivity contribution in [3.63, 3.8) is 0 Å². The van der Waals surface area contributed by atoms with Crippen LogP contribution in [0.3, 0.4) is 0 Å². The van der Waals surface area contributed by atoms with Gasteiger partial charge in [0.05, 0.1) is 0 Å². The average Bonchev–Trinajstić information content (AvgIpc) is 2.38. The summed E-state index contributed by atoms with van der Waals surface area (Å²) in [6.45, 7) is 2.26. The summed E-state index contributed by atoms with van der Waals surface area (Å²) >= 11 is 0. The number of piperidine rings is 1. The van der Waals surface area contributed by atoms with Crippen LogP contribution >= 0.6 is 12.4 Å². The first-order chi connectivity index (χ1) is 9.58. The van der Waals surface area contributed by atoms with Crippen LogP contribution in [0, 0.1) is 23.4 Å². The Kier molecular flexibility index (Phi) is 6.98. The fraction of sp³-hybridized carbons (Fsp3) is 0.500. The molecule has 0 aromatic heterocycles. The number of halogens is 4. The van der Waals surface area contributed by atoms with Crippen LogP contribution in [0.25, 0.3) is 0 Å². The summed E-state index contributed by atoms with van der Waals surface area (Å²) in [6, 6.07) is 1.01. The SMILES string of the molecule is Cl.O=C(NCCC1CCCNC1)c1c(F)cc(F)cc1F. The van der Waals surface area contributed by atoms with Gasteiger partial charge in [-0.1, -0.05) is 0 Å². The Morgan fingerprint density at radius 2 is 1.95 bits per heavy atom. The third-order valence-electron chi connectivity index (χ3n) is 3.47. The molecule has 1 aromatic carbocycles. The molecule has 1 aliphatic heterocycles. The van der Waals surface area contributed by atoms with E-state index in [9.17, 15) is 18.0 Å². The van der Waals surface area contributed by atoms with Gasteiger partial charge >= 0.3 is 0 Å². The van der Waals surface area contributed by atoms with Crippen molar-refractivity contribution in [1.82, 2.24) is 10.6 Å². The summed E-state index contributed by atoms with van der Waals surface area (Å²) in [4.78, 5) is 11.7. The molecule has 0 radical (unpaired) electrons. The maximum absolute atomic E-state index is 13.4. The monoisotopic (exact) mass is 322 g/mol. The number of amides is 1. The molecular formula is C14H18ClF3N2O. The summed E-state index contributed by atoms with van der Waals surface area (Å²) in [6.07, 6.45) is 2.94. The molecule has 118 valence electrons. The van der Waals surface area contributed by atoms with E-state index in [-0.39, 0.29) is 12.4 Å². The van der Waals surface area contributed by atoms with Crippen LogP contribution in [-0.2, 0) is 0 Å². The fourth-order valence-corrected chi connectivity index (χ4v) is 2.41. The molecule has 1 fully saturated rings. The highest BCUT2D eigenvalue weighted by Crippen LogP contribution is 2.16. The molecule has 1 aromatic rings. The molecule has 21 heavy (non-hydrogen) atoms. The zero-order chi connectivity index (χ0) is 14.5. The number of hydrogen-bond acceptors (Lipinski definition) is 2. The highest BCUT2D eigenvalue weighted by molar-refractivity contribution is 5.94. The van der Waals surface area contributed by atoms with Crippen molar-refractivity contribution in [1.29, 1.82) is 0 Å². The van der Waals surface area contributed by atoms with Crippen LogP contribution in [0.4, 0.5) is 13.2 Å². The van der Waals surface area contributed by atoms with Crippen molar-refractivity contribution in [2.45, 2.75) is 19.3 Å². The zero-order valence-corrected chi connectivity index (χ0v) is 12.2. The molecule has 0 bridgehead atoms. The lowest BCUT2D eigenvalue weighted by molar-refractivity contribution is 0.0942. The molecule has 0 spiro atoms. The summed E-state index contributed by atoms with van der Waals surface area (Å²) in [5.74, 6) is -3.78. The van der Waals surface area contributed by atoms with E-state index >= 15 is 0 Å². The number of benzene rings is 1. The molecule has 1 amide bonds. The third-order valence-corrected chi connectivity index (χ3v) is 3.47. The van der Waals surface area contributed by atoms with Gasteiger partial charge in [0, 0.05) is 18.7 Å². The van der Waals surface area contributed by atoms with Crippen LogP contribution in [0.5, 0.6) is 0 Å². The first-order valence-electron chi connectivity index (χ1n) is 6.71. The lowest BCUT2D eigenvalue weighted by Gasteiger charge is -2.22. The highest BCUT2D eigenvalue weighted by atomic mass is 35.5. The molecular weight excluding hydrogens is 305 g/mol. The molecule has 2 rings (SSSR count). The van der Waals surface area contributed by atoms with Crippen molar-refractivity contribution in [3.8, 4) is 0 Å². The summed E-state index contributed by atoms with van der Waals surface area (Å²) in [5.41, 5.74) is -0.729. The van der Waals surface area contributed by atoms with E-state index in [1.807, 2.05) is 0 Å². The number of rotatable bonds is 4. The Bertz CT molecular complexity index is 470. The number of hydrogen-bond donors (Lipinski definition) is 2. The van der Waals surface area contributed by atoms with E-state index in [1.54, 1.807) is 0 Å². The molecule has 3 nitrogen and oxygen atoms in total. The number of nitrogens with one attached hydrogen (secondary N) is 2. The summed E-state index contributed by atoms with van der Waals surface area (Å²) in [5, 5.41) is 5.73.